The van der Waals surface area contributed by atoms with Crippen LogP contribution in [0.25, 0.3) is 53.2 Å². The predicted molar refractivity (Wildman–Crippen MR) is 195 cm³/mol. The third-order valence-corrected chi connectivity index (χ3v) is 10.8. The topological polar surface area (TPSA) is 3.24 Å². The van der Waals surface area contributed by atoms with Crippen LogP contribution in [-0.2, 0) is 5.41 Å². The second kappa shape index (κ2) is 9.92. The van der Waals surface area contributed by atoms with Crippen LogP contribution < -0.4 is 4.90 Å². The van der Waals surface area contributed by atoms with Crippen molar-refractivity contribution in [2.75, 3.05) is 4.90 Å². The van der Waals surface area contributed by atoms with Gasteiger partial charge in [-0.1, -0.05) is 129 Å². The summed E-state index contributed by atoms with van der Waals surface area (Å²) < 4.78 is 2.62. The van der Waals surface area contributed by atoms with Gasteiger partial charge in [-0.15, -0.1) is 11.3 Å². The van der Waals surface area contributed by atoms with E-state index in [1.807, 2.05) is 11.3 Å². The summed E-state index contributed by atoms with van der Waals surface area (Å²) in [6.07, 6.45) is 0. The van der Waals surface area contributed by atoms with Crippen LogP contribution in [0.2, 0.25) is 0 Å². The van der Waals surface area contributed by atoms with Crippen molar-refractivity contribution in [3.05, 3.63) is 163 Å². The standard InChI is InChI=1S/C43H31NS/c1-43(2)35-26-25-30(27-34(35)41-32(19-11-20-36(41)43)29-13-4-3-5-14-29)44(37-21-10-16-28-15-6-7-17-31(28)37)38-22-12-24-40-42(38)33-18-8-9-23-39(33)45-40/h3-27H,1-2H3. The maximum atomic E-state index is 2.50. The van der Waals surface area contributed by atoms with E-state index >= 15 is 0 Å². The van der Waals surface area contributed by atoms with Gasteiger partial charge in [0.2, 0.25) is 0 Å². The van der Waals surface area contributed by atoms with Crippen molar-refractivity contribution in [3.8, 4) is 22.3 Å². The lowest BCUT2D eigenvalue weighted by molar-refractivity contribution is 0.660. The van der Waals surface area contributed by atoms with Gasteiger partial charge < -0.3 is 4.90 Å². The molecule has 7 aromatic carbocycles. The van der Waals surface area contributed by atoms with Crippen molar-refractivity contribution in [1.29, 1.82) is 0 Å². The highest BCUT2D eigenvalue weighted by atomic mass is 32.1. The molecule has 45 heavy (non-hydrogen) atoms. The average molecular weight is 594 g/mol. The fourth-order valence-electron chi connectivity index (χ4n) is 7.54. The van der Waals surface area contributed by atoms with Crippen LogP contribution in [0.3, 0.4) is 0 Å². The Labute approximate surface area is 267 Å². The van der Waals surface area contributed by atoms with Gasteiger partial charge in [-0.05, 0) is 75.2 Å². The van der Waals surface area contributed by atoms with Crippen molar-refractivity contribution in [1.82, 2.24) is 0 Å². The van der Waals surface area contributed by atoms with Gasteiger partial charge in [0.05, 0.1) is 11.4 Å². The Kier molecular flexibility index (Phi) is 5.78. The Morgan fingerprint density at radius 3 is 2.09 bits per heavy atom. The lowest BCUT2D eigenvalue weighted by Crippen LogP contribution is -2.15. The first-order chi connectivity index (χ1) is 22.1. The molecule has 9 rings (SSSR count). The maximum Gasteiger partial charge on any atom is 0.0555 e. The molecule has 0 N–H and O–H groups in total. The van der Waals surface area contributed by atoms with Gasteiger partial charge in [-0.3, -0.25) is 0 Å². The molecule has 0 radical (unpaired) electrons. The van der Waals surface area contributed by atoms with E-state index < -0.39 is 0 Å². The van der Waals surface area contributed by atoms with E-state index in [1.165, 1.54) is 81.4 Å². The fraction of sp³-hybridized carbons (Fsp3) is 0.0698. The molecule has 0 atom stereocenters. The van der Waals surface area contributed by atoms with Crippen molar-refractivity contribution in [2.24, 2.45) is 0 Å². The number of fused-ring (bicyclic) bond motifs is 7. The van der Waals surface area contributed by atoms with Crippen LogP contribution in [0, 0.1) is 0 Å². The number of benzene rings is 7. The quantitative estimate of drug-likeness (QED) is 0.196. The van der Waals surface area contributed by atoms with E-state index in [2.05, 4.69) is 170 Å². The molecule has 1 aromatic heterocycles. The first-order valence-electron chi connectivity index (χ1n) is 15.6. The van der Waals surface area contributed by atoms with E-state index in [4.69, 9.17) is 0 Å². The summed E-state index contributed by atoms with van der Waals surface area (Å²) >= 11 is 1.87. The van der Waals surface area contributed by atoms with Gasteiger partial charge in [0.15, 0.2) is 0 Å². The summed E-state index contributed by atoms with van der Waals surface area (Å²) in [6, 6.07) is 55.8. The van der Waals surface area contributed by atoms with Crippen LogP contribution in [0.5, 0.6) is 0 Å². The minimum absolute atomic E-state index is 0.0954. The molecule has 1 nitrogen and oxygen atoms in total. The third-order valence-electron chi connectivity index (χ3n) is 9.66. The molecule has 1 aliphatic rings. The molecule has 0 spiro atoms. The lowest BCUT2D eigenvalue weighted by atomic mass is 9.82. The SMILES string of the molecule is CC1(C)c2ccc(N(c3cccc4ccccc34)c3cccc4sc5ccccc5c34)cc2-c2c(-c3ccccc3)cccc21. The zero-order valence-corrected chi connectivity index (χ0v) is 26.1. The maximum absolute atomic E-state index is 2.50. The molecule has 214 valence electrons. The highest BCUT2D eigenvalue weighted by Gasteiger charge is 2.37. The summed E-state index contributed by atoms with van der Waals surface area (Å²) in [5, 5.41) is 5.08. The highest BCUT2D eigenvalue weighted by molar-refractivity contribution is 7.26. The van der Waals surface area contributed by atoms with Gasteiger partial charge in [0.25, 0.3) is 0 Å². The van der Waals surface area contributed by atoms with E-state index in [0.29, 0.717) is 0 Å². The number of hydrogen-bond acceptors (Lipinski definition) is 2. The first-order valence-corrected chi connectivity index (χ1v) is 16.4. The Morgan fingerprint density at radius 1 is 0.511 bits per heavy atom. The minimum Gasteiger partial charge on any atom is -0.309 e. The number of nitrogens with zero attached hydrogens (tertiary/aromatic N) is 1. The Hall–Kier alpha value is -5.18. The Balaban J connectivity index is 1.36. The molecular formula is C43H31NS. The van der Waals surface area contributed by atoms with E-state index in [1.54, 1.807) is 0 Å². The number of hydrogen-bond donors (Lipinski definition) is 0. The Bertz CT molecular complexity index is 2410. The lowest BCUT2D eigenvalue weighted by Gasteiger charge is -2.29. The fourth-order valence-corrected chi connectivity index (χ4v) is 8.67. The van der Waals surface area contributed by atoms with Crippen molar-refractivity contribution >= 4 is 59.3 Å². The van der Waals surface area contributed by atoms with Crippen molar-refractivity contribution < 1.29 is 0 Å². The molecule has 0 amide bonds. The summed E-state index contributed by atoms with van der Waals surface area (Å²) in [7, 11) is 0. The first kappa shape index (κ1) is 26.2. The number of thiophene rings is 1. The summed E-state index contributed by atoms with van der Waals surface area (Å²) in [5.41, 5.74) is 11.4. The van der Waals surface area contributed by atoms with Gasteiger partial charge in [-0.2, -0.15) is 0 Å². The van der Waals surface area contributed by atoms with Gasteiger partial charge in [-0.25, -0.2) is 0 Å². The summed E-state index contributed by atoms with van der Waals surface area (Å²) in [4.78, 5) is 2.50. The van der Waals surface area contributed by atoms with Gasteiger partial charge >= 0.3 is 0 Å². The van der Waals surface area contributed by atoms with E-state index in [9.17, 15) is 0 Å². The normalized spacial score (nSPS) is 13.3. The second-order valence-electron chi connectivity index (χ2n) is 12.5. The van der Waals surface area contributed by atoms with Crippen molar-refractivity contribution in [3.63, 3.8) is 0 Å². The van der Waals surface area contributed by atoms with Crippen molar-refractivity contribution in [2.45, 2.75) is 19.3 Å². The molecule has 0 saturated heterocycles. The van der Waals surface area contributed by atoms with Crippen LogP contribution in [0.1, 0.15) is 25.0 Å². The van der Waals surface area contributed by atoms with E-state index in [0.717, 1.165) is 0 Å². The third kappa shape index (κ3) is 3.92. The smallest absolute Gasteiger partial charge is 0.0555 e. The van der Waals surface area contributed by atoms with E-state index in [-0.39, 0.29) is 5.41 Å². The number of rotatable bonds is 4. The van der Waals surface area contributed by atoms with Crippen LogP contribution in [0.15, 0.2) is 152 Å². The molecule has 0 unspecified atom stereocenters. The van der Waals surface area contributed by atoms with Gasteiger partial charge in [0, 0.05) is 36.7 Å². The van der Waals surface area contributed by atoms with Crippen LogP contribution >= 0.6 is 11.3 Å². The molecule has 8 aromatic rings. The zero-order chi connectivity index (χ0) is 30.1. The average Bonchev–Trinajstić information content (AvgIpc) is 3.58. The second-order valence-corrected chi connectivity index (χ2v) is 13.6. The molecule has 0 fully saturated rings. The molecule has 1 heterocycles. The summed E-state index contributed by atoms with van der Waals surface area (Å²) in [5.74, 6) is 0. The van der Waals surface area contributed by atoms with Crippen LogP contribution in [0.4, 0.5) is 17.1 Å². The molecule has 1 aliphatic carbocycles. The molecular weight excluding hydrogens is 563 g/mol. The summed E-state index contributed by atoms with van der Waals surface area (Å²) in [6.45, 7) is 4.74. The highest BCUT2D eigenvalue weighted by Crippen LogP contribution is 2.54. The molecule has 0 saturated carbocycles. The monoisotopic (exact) mass is 593 g/mol. The minimum atomic E-state index is -0.0954. The molecule has 0 bridgehead atoms. The Morgan fingerprint density at radius 2 is 1.20 bits per heavy atom. The van der Waals surface area contributed by atoms with Gasteiger partial charge in [0.1, 0.15) is 0 Å². The molecule has 2 heteroatoms. The molecule has 0 aliphatic heterocycles. The largest absolute Gasteiger partial charge is 0.309 e. The zero-order valence-electron chi connectivity index (χ0n) is 25.3. The predicted octanol–water partition coefficient (Wildman–Crippen LogP) is 12.7. The number of anilines is 3. The van der Waals surface area contributed by atoms with Crippen LogP contribution in [-0.4, -0.2) is 0 Å².